The number of sulfone groups is 1. The van der Waals surface area contributed by atoms with Crippen LogP contribution in [-0.2, 0) is 9.84 Å². The van der Waals surface area contributed by atoms with Crippen LogP contribution < -0.4 is 19.9 Å². The third-order valence-electron chi connectivity index (χ3n) is 5.65. The molecule has 0 aliphatic heterocycles. The minimum Gasteiger partial charge on any atom is -0.496 e. The van der Waals surface area contributed by atoms with E-state index in [4.69, 9.17) is 14.2 Å². The molecule has 0 unspecified atom stereocenters. The summed E-state index contributed by atoms with van der Waals surface area (Å²) in [6.45, 7) is 2.11. The third kappa shape index (κ3) is 5.06. The first-order valence-corrected chi connectivity index (χ1v) is 13.1. The van der Waals surface area contributed by atoms with Crippen LogP contribution in [0.15, 0.2) is 53.3 Å². The number of ether oxygens (including phenoxy) is 3. The Hall–Kier alpha value is -3.86. The van der Waals surface area contributed by atoms with Crippen molar-refractivity contribution in [3.63, 3.8) is 0 Å². The molecular formula is C25H26FN3O6S. The van der Waals surface area contributed by atoms with Crippen molar-refractivity contribution < 1.29 is 27.0 Å². The fourth-order valence-electron chi connectivity index (χ4n) is 4.12. The van der Waals surface area contributed by atoms with Gasteiger partial charge in [0.05, 0.1) is 49.3 Å². The van der Waals surface area contributed by atoms with E-state index >= 15 is 0 Å². The van der Waals surface area contributed by atoms with Crippen LogP contribution in [0, 0.1) is 5.82 Å². The predicted molar refractivity (Wildman–Crippen MR) is 134 cm³/mol. The molecule has 0 fully saturated rings. The summed E-state index contributed by atoms with van der Waals surface area (Å²) < 4.78 is 56.2. The van der Waals surface area contributed by atoms with Crippen molar-refractivity contribution in [3.8, 4) is 28.5 Å². The molecule has 36 heavy (non-hydrogen) atoms. The number of aromatic amines is 1. The van der Waals surface area contributed by atoms with Crippen molar-refractivity contribution in [2.45, 2.75) is 13.0 Å². The highest BCUT2D eigenvalue weighted by Gasteiger charge is 2.26. The molecule has 11 heteroatoms. The maximum absolute atomic E-state index is 13.9. The summed E-state index contributed by atoms with van der Waals surface area (Å²) in [5, 5.41) is 0. The van der Waals surface area contributed by atoms with E-state index in [2.05, 4.69) is 9.97 Å². The van der Waals surface area contributed by atoms with Crippen LogP contribution in [0.2, 0.25) is 0 Å². The highest BCUT2D eigenvalue weighted by molar-refractivity contribution is 7.90. The SMILES string of the molecule is CCOc1nc([C@@H](CS(C)(=O)=O)n2c(=O)[nH]c3cc(-c4cc(F)ccc4OC)ccc32)ccc1OC. The Morgan fingerprint density at radius 1 is 1.06 bits per heavy atom. The van der Waals surface area contributed by atoms with Crippen LogP contribution >= 0.6 is 0 Å². The summed E-state index contributed by atoms with van der Waals surface area (Å²) in [6.07, 6.45) is 1.10. The number of halogens is 1. The molecular weight excluding hydrogens is 489 g/mol. The number of aromatic nitrogens is 3. The lowest BCUT2D eigenvalue weighted by atomic mass is 10.0. The van der Waals surface area contributed by atoms with Crippen LogP contribution in [0.5, 0.6) is 17.4 Å². The first-order valence-electron chi connectivity index (χ1n) is 11.1. The zero-order chi connectivity index (χ0) is 26.0. The van der Waals surface area contributed by atoms with Gasteiger partial charge in [-0.05, 0) is 55.0 Å². The van der Waals surface area contributed by atoms with Crippen LogP contribution in [0.4, 0.5) is 4.39 Å². The maximum Gasteiger partial charge on any atom is 0.327 e. The molecule has 2 aromatic heterocycles. The molecule has 0 amide bonds. The Morgan fingerprint density at radius 3 is 2.44 bits per heavy atom. The van der Waals surface area contributed by atoms with Crippen LogP contribution in [-0.4, -0.2) is 55.8 Å². The molecule has 190 valence electrons. The molecule has 9 nitrogen and oxygen atoms in total. The van der Waals surface area contributed by atoms with E-state index in [-0.39, 0.29) is 11.6 Å². The molecule has 4 aromatic rings. The summed E-state index contributed by atoms with van der Waals surface area (Å²) in [6, 6.07) is 11.5. The van der Waals surface area contributed by atoms with E-state index in [1.54, 1.807) is 37.3 Å². The highest BCUT2D eigenvalue weighted by Crippen LogP contribution is 2.34. The van der Waals surface area contributed by atoms with E-state index in [0.717, 1.165) is 6.26 Å². The van der Waals surface area contributed by atoms with Gasteiger partial charge in [0.25, 0.3) is 5.88 Å². The van der Waals surface area contributed by atoms with Crippen molar-refractivity contribution in [1.82, 2.24) is 14.5 Å². The molecule has 4 rings (SSSR count). The number of pyridine rings is 1. The maximum atomic E-state index is 13.9. The monoisotopic (exact) mass is 515 g/mol. The average Bonchev–Trinajstić information content (AvgIpc) is 3.16. The Balaban J connectivity index is 1.89. The zero-order valence-corrected chi connectivity index (χ0v) is 21.1. The van der Waals surface area contributed by atoms with Crippen LogP contribution in [0.1, 0.15) is 18.7 Å². The van der Waals surface area contributed by atoms with E-state index in [0.29, 0.717) is 46.0 Å². The van der Waals surface area contributed by atoms with Gasteiger partial charge in [0.1, 0.15) is 21.4 Å². The van der Waals surface area contributed by atoms with Gasteiger partial charge in [0, 0.05) is 11.8 Å². The number of hydrogen-bond donors (Lipinski definition) is 1. The molecule has 0 saturated heterocycles. The Labute approximate surface area is 207 Å². The minimum atomic E-state index is -3.53. The van der Waals surface area contributed by atoms with E-state index in [1.807, 2.05) is 0 Å². The van der Waals surface area contributed by atoms with Crippen LogP contribution in [0.25, 0.3) is 22.2 Å². The van der Waals surface area contributed by atoms with Gasteiger partial charge >= 0.3 is 5.69 Å². The number of imidazole rings is 1. The number of nitrogens with zero attached hydrogens (tertiary/aromatic N) is 2. The number of nitrogens with one attached hydrogen (secondary N) is 1. The van der Waals surface area contributed by atoms with Crippen molar-refractivity contribution in [2.24, 2.45) is 0 Å². The van der Waals surface area contributed by atoms with Crippen molar-refractivity contribution in [1.29, 1.82) is 0 Å². The highest BCUT2D eigenvalue weighted by atomic mass is 32.2. The molecule has 2 aromatic carbocycles. The molecule has 2 heterocycles. The van der Waals surface area contributed by atoms with Gasteiger partial charge in [-0.25, -0.2) is 22.6 Å². The number of methoxy groups -OCH3 is 2. The summed E-state index contributed by atoms with van der Waals surface area (Å²) in [5.74, 6) is 0.256. The van der Waals surface area contributed by atoms with Crippen molar-refractivity contribution in [3.05, 3.63) is 70.5 Å². The molecule has 0 radical (unpaired) electrons. The van der Waals surface area contributed by atoms with Gasteiger partial charge in [-0.3, -0.25) is 4.57 Å². The number of hydrogen-bond acceptors (Lipinski definition) is 7. The Bertz CT molecular complexity index is 1580. The summed E-state index contributed by atoms with van der Waals surface area (Å²) >= 11 is 0. The second-order valence-corrected chi connectivity index (χ2v) is 10.3. The predicted octanol–water partition coefficient (Wildman–Crippen LogP) is 3.58. The number of rotatable bonds is 9. The first kappa shape index (κ1) is 25.2. The van der Waals surface area contributed by atoms with Gasteiger partial charge in [0.15, 0.2) is 5.75 Å². The Kier molecular flexibility index (Phi) is 7.02. The van der Waals surface area contributed by atoms with Crippen LogP contribution in [0.3, 0.4) is 0 Å². The molecule has 1 N–H and O–H groups in total. The van der Waals surface area contributed by atoms with Gasteiger partial charge in [0.2, 0.25) is 0 Å². The number of benzene rings is 2. The normalized spacial score (nSPS) is 12.5. The summed E-state index contributed by atoms with van der Waals surface area (Å²) in [5.41, 5.74) is 1.84. The average molecular weight is 516 g/mol. The second kappa shape index (κ2) is 10.0. The lowest BCUT2D eigenvalue weighted by molar-refractivity contribution is 0.296. The Morgan fingerprint density at radius 2 is 1.78 bits per heavy atom. The second-order valence-electron chi connectivity index (χ2n) is 8.16. The molecule has 0 aliphatic rings. The largest absolute Gasteiger partial charge is 0.496 e. The fourth-order valence-corrected chi connectivity index (χ4v) is 5.01. The zero-order valence-electron chi connectivity index (χ0n) is 20.2. The van der Waals surface area contributed by atoms with Gasteiger partial charge in [-0.2, -0.15) is 0 Å². The number of H-pyrrole nitrogens is 1. The summed E-state index contributed by atoms with van der Waals surface area (Å²) in [4.78, 5) is 20.4. The fraction of sp³-hybridized carbons (Fsp3) is 0.280. The van der Waals surface area contributed by atoms with E-state index in [9.17, 15) is 17.6 Å². The standard InChI is InChI=1S/C25H26FN3O6S/c1-5-35-24-23(34-3)11-8-18(27-24)21(14-36(4,31)32)29-20-9-6-15(12-19(20)28-25(29)30)17-13-16(26)7-10-22(17)33-2/h6-13,21H,5,14H2,1-4H3,(H,28,30)/t21-/m1/s1. The molecule has 1 atom stereocenters. The van der Waals surface area contributed by atoms with E-state index in [1.165, 1.54) is 37.0 Å². The third-order valence-corrected chi connectivity index (χ3v) is 6.57. The molecule has 0 saturated carbocycles. The minimum absolute atomic E-state index is 0.198. The topological polar surface area (TPSA) is 113 Å². The number of fused-ring (bicyclic) bond motifs is 1. The quantitative estimate of drug-likeness (QED) is 0.363. The van der Waals surface area contributed by atoms with Gasteiger partial charge < -0.3 is 19.2 Å². The molecule has 0 aliphatic carbocycles. The lowest BCUT2D eigenvalue weighted by Crippen LogP contribution is -2.29. The van der Waals surface area contributed by atoms with E-state index < -0.39 is 27.4 Å². The van der Waals surface area contributed by atoms with Gasteiger partial charge in [-0.1, -0.05) is 6.07 Å². The van der Waals surface area contributed by atoms with Gasteiger partial charge in [-0.15, -0.1) is 0 Å². The smallest absolute Gasteiger partial charge is 0.327 e. The van der Waals surface area contributed by atoms with Crippen molar-refractivity contribution in [2.75, 3.05) is 32.8 Å². The van der Waals surface area contributed by atoms with Crippen molar-refractivity contribution >= 4 is 20.9 Å². The lowest BCUT2D eigenvalue weighted by Gasteiger charge is -2.19. The first-order chi connectivity index (χ1) is 17.1. The molecule has 0 spiro atoms. The summed E-state index contributed by atoms with van der Waals surface area (Å²) in [7, 11) is -0.570. The molecule has 0 bridgehead atoms.